The molecule has 0 spiro atoms. The van der Waals surface area contributed by atoms with Crippen molar-refractivity contribution in [3.63, 3.8) is 0 Å². The summed E-state index contributed by atoms with van der Waals surface area (Å²) in [7, 11) is 2.17. The number of rotatable bonds is 3. The Morgan fingerprint density at radius 1 is 1.05 bits per heavy atom. The van der Waals surface area contributed by atoms with Gasteiger partial charge in [0.15, 0.2) is 0 Å². The predicted molar refractivity (Wildman–Crippen MR) is 85.7 cm³/mol. The van der Waals surface area contributed by atoms with Crippen molar-refractivity contribution in [1.82, 2.24) is 4.90 Å². The van der Waals surface area contributed by atoms with E-state index in [4.69, 9.17) is 0 Å². The smallest absolute Gasteiger partial charge is 0.123 e. The highest BCUT2D eigenvalue weighted by Gasteiger charge is 2.30. The van der Waals surface area contributed by atoms with Gasteiger partial charge >= 0.3 is 0 Å². The van der Waals surface area contributed by atoms with Crippen LogP contribution in [0.2, 0.25) is 0 Å². The van der Waals surface area contributed by atoms with Gasteiger partial charge in [0.1, 0.15) is 5.82 Å². The highest BCUT2D eigenvalue weighted by Crippen LogP contribution is 2.33. The van der Waals surface area contributed by atoms with Crippen LogP contribution in [0.25, 0.3) is 6.08 Å². The second-order valence-corrected chi connectivity index (χ2v) is 5.69. The van der Waals surface area contributed by atoms with E-state index < -0.39 is 0 Å². The van der Waals surface area contributed by atoms with Crippen LogP contribution in [0.4, 0.5) is 4.39 Å². The van der Waals surface area contributed by atoms with Crippen LogP contribution in [0.3, 0.4) is 0 Å². The van der Waals surface area contributed by atoms with Gasteiger partial charge in [-0.2, -0.15) is 0 Å². The molecule has 0 amide bonds. The van der Waals surface area contributed by atoms with E-state index in [2.05, 4.69) is 54.4 Å². The Morgan fingerprint density at radius 2 is 1.76 bits per heavy atom. The van der Waals surface area contributed by atoms with E-state index in [9.17, 15) is 4.39 Å². The van der Waals surface area contributed by atoms with E-state index in [0.717, 1.165) is 12.1 Å². The van der Waals surface area contributed by atoms with Crippen molar-refractivity contribution >= 4 is 6.08 Å². The maximum Gasteiger partial charge on any atom is 0.123 e. The number of likely N-dealkylation sites (N-methyl/N-ethyl adjacent to an activating group) is 1. The fraction of sp³-hybridized carbons (Fsp3) is 0.263. The quantitative estimate of drug-likeness (QED) is 0.809. The molecule has 108 valence electrons. The summed E-state index contributed by atoms with van der Waals surface area (Å²) in [5.41, 5.74) is 2.44. The summed E-state index contributed by atoms with van der Waals surface area (Å²) in [5, 5.41) is 0. The lowest BCUT2D eigenvalue weighted by atomic mass is 9.91. The molecule has 0 aromatic heterocycles. The SMILES string of the molecule is CN1CC[C@H](c2ccccc2)[C@H]1C=Cc1ccc(F)cc1. The molecule has 0 unspecified atom stereocenters. The van der Waals surface area contributed by atoms with E-state index in [1.165, 1.54) is 24.1 Å². The summed E-state index contributed by atoms with van der Waals surface area (Å²) in [5.74, 6) is 0.347. The number of likely N-dealkylation sites (tertiary alicyclic amines) is 1. The van der Waals surface area contributed by atoms with E-state index in [1.54, 1.807) is 0 Å². The first-order chi connectivity index (χ1) is 10.2. The van der Waals surface area contributed by atoms with Gasteiger partial charge in [0, 0.05) is 12.0 Å². The summed E-state index contributed by atoms with van der Waals surface area (Å²) in [6.45, 7) is 1.11. The molecule has 0 bridgehead atoms. The first-order valence-electron chi connectivity index (χ1n) is 7.43. The van der Waals surface area contributed by atoms with Crippen molar-refractivity contribution in [1.29, 1.82) is 0 Å². The largest absolute Gasteiger partial charge is 0.299 e. The highest BCUT2D eigenvalue weighted by molar-refractivity contribution is 5.50. The lowest BCUT2D eigenvalue weighted by Gasteiger charge is -2.22. The summed E-state index contributed by atoms with van der Waals surface area (Å²) in [6, 6.07) is 17.7. The van der Waals surface area contributed by atoms with Crippen LogP contribution in [-0.2, 0) is 0 Å². The Bertz CT molecular complexity index is 603. The van der Waals surface area contributed by atoms with Crippen molar-refractivity contribution in [2.75, 3.05) is 13.6 Å². The minimum atomic E-state index is -0.188. The summed E-state index contributed by atoms with van der Waals surface area (Å²) >= 11 is 0. The number of halogens is 1. The molecule has 1 aliphatic rings. The number of hydrogen-bond acceptors (Lipinski definition) is 1. The van der Waals surface area contributed by atoms with Gasteiger partial charge in [-0.1, -0.05) is 54.6 Å². The zero-order valence-electron chi connectivity index (χ0n) is 12.2. The molecule has 21 heavy (non-hydrogen) atoms. The first kappa shape index (κ1) is 14.0. The van der Waals surface area contributed by atoms with Crippen molar-refractivity contribution in [3.05, 3.63) is 77.6 Å². The van der Waals surface area contributed by atoms with Crippen LogP contribution in [0.15, 0.2) is 60.7 Å². The molecule has 0 N–H and O–H groups in total. The van der Waals surface area contributed by atoms with E-state index in [0.29, 0.717) is 12.0 Å². The van der Waals surface area contributed by atoms with Gasteiger partial charge in [-0.3, -0.25) is 4.90 Å². The third kappa shape index (κ3) is 3.22. The van der Waals surface area contributed by atoms with Crippen LogP contribution in [-0.4, -0.2) is 24.5 Å². The second-order valence-electron chi connectivity index (χ2n) is 5.69. The van der Waals surface area contributed by atoms with Gasteiger partial charge in [0.05, 0.1) is 0 Å². The van der Waals surface area contributed by atoms with Gasteiger partial charge in [0.2, 0.25) is 0 Å². The molecule has 2 aromatic carbocycles. The van der Waals surface area contributed by atoms with Crippen LogP contribution < -0.4 is 0 Å². The van der Waals surface area contributed by atoms with Gasteiger partial charge in [-0.25, -0.2) is 4.39 Å². The molecule has 1 aliphatic heterocycles. The Hall–Kier alpha value is -1.93. The highest BCUT2D eigenvalue weighted by atomic mass is 19.1. The molecule has 3 rings (SSSR count). The van der Waals surface area contributed by atoms with Crippen LogP contribution in [0.5, 0.6) is 0 Å². The standard InChI is InChI=1S/C19H20FN/c1-21-14-13-18(16-5-3-2-4-6-16)19(21)12-9-15-7-10-17(20)11-8-15/h2-12,18-19H,13-14H2,1H3/t18-,19-/m1/s1. The summed E-state index contributed by atoms with van der Waals surface area (Å²) in [6.07, 6.45) is 5.53. The Balaban J connectivity index is 1.80. The minimum Gasteiger partial charge on any atom is -0.299 e. The van der Waals surface area contributed by atoms with Gasteiger partial charge < -0.3 is 0 Å². The molecule has 0 radical (unpaired) electrons. The van der Waals surface area contributed by atoms with Crippen molar-refractivity contribution in [2.45, 2.75) is 18.4 Å². The predicted octanol–water partition coefficient (Wildman–Crippen LogP) is 4.33. The van der Waals surface area contributed by atoms with Crippen LogP contribution in [0, 0.1) is 5.82 Å². The van der Waals surface area contributed by atoms with Gasteiger partial charge in [-0.05, 0) is 43.3 Å². The molecule has 1 saturated heterocycles. The van der Waals surface area contributed by atoms with E-state index in [1.807, 2.05) is 12.1 Å². The Morgan fingerprint density at radius 3 is 2.48 bits per heavy atom. The van der Waals surface area contributed by atoms with Crippen LogP contribution >= 0.6 is 0 Å². The van der Waals surface area contributed by atoms with Gasteiger partial charge in [-0.15, -0.1) is 0 Å². The Labute approximate surface area is 125 Å². The zero-order chi connectivity index (χ0) is 14.7. The maximum absolute atomic E-state index is 12.9. The zero-order valence-corrected chi connectivity index (χ0v) is 12.2. The molecule has 1 nitrogen and oxygen atoms in total. The van der Waals surface area contributed by atoms with E-state index >= 15 is 0 Å². The topological polar surface area (TPSA) is 3.24 Å². The summed E-state index contributed by atoms with van der Waals surface area (Å²) < 4.78 is 12.9. The van der Waals surface area contributed by atoms with E-state index in [-0.39, 0.29) is 5.82 Å². The molecule has 2 aromatic rings. The van der Waals surface area contributed by atoms with Crippen LogP contribution in [0.1, 0.15) is 23.5 Å². The molecule has 1 heterocycles. The van der Waals surface area contributed by atoms with Gasteiger partial charge in [0.25, 0.3) is 0 Å². The molecule has 0 aliphatic carbocycles. The minimum absolute atomic E-state index is 0.188. The molecular formula is C19H20FN. The van der Waals surface area contributed by atoms with Crippen molar-refractivity contribution in [3.8, 4) is 0 Å². The fourth-order valence-corrected chi connectivity index (χ4v) is 3.10. The van der Waals surface area contributed by atoms with Crippen molar-refractivity contribution in [2.24, 2.45) is 0 Å². The lowest BCUT2D eigenvalue weighted by Crippen LogP contribution is -2.26. The summed E-state index contributed by atoms with van der Waals surface area (Å²) in [4.78, 5) is 2.39. The van der Waals surface area contributed by atoms with Crippen molar-refractivity contribution < 1.29 is 4.39 Å². The molecule has 0 saturated carbocycles. The second kappa shape index (κ2) is 6.23. The average molecular weight is 281 g/mol. The first-order valence-corrected chi connectivity index (χ1v) is 7.43. The third-order valence-corrected chi connectivity index (χ3v) is 4.30. The number of nitrogens with zero attached hydrogens (tertiary/aromatic N) is 1. The monoisotopic (exact) mass is 281 g/mol. The number of hydrogen-bond donors (Lipinski definition) is 0. The molecule has 1 fully saturated rings. The Kier molecular flexibility index (Phi) is 4.16. The third-order valence-electron chi connectivity index (χ3n) is 4.30. The average Bonchev–Trinajstić information content (AvgIpc) is 2.89. The fourth-order valence-electron chi connectivity index (χ4n) is 3.10. The molecule has 2 heteroatoms. The normalized spacial score (nSPS) is 23.0. The molecular weight excluding hydrogens is 261 g/mol. The molecule has 2 atom stereocenters. The maximum atomic E-state index is 12.9. The lowest BCUT2D eigenvalue weighted by molar-refractivity contribution is 0.347. The number of benzene rings is 2.